The summed E-state index contributed by atoms with van der Waals surface area (Å²) in [4.78, 5) is 2.58. The molecule has 1 unspecified atom stereocenters. The van der Waals surface area contributed by atoms with Gasteiger partial charge in [-0.1, -0.05) is 12.8 Å². The average molecular weight is 138 g/mol. The third-order valence-electron chi connectivity index (χ3n) is 2.78. The van der Waals surface area contributed by atoms with Gasteiger partial charge in [-0.25, -0.2) is 0 Å². The number of nitrogens with zero attached hydrogens (tertiary/aromatic N) is 1. The normalized spacial score (nSPS) is 30.0. The van der Waals surface area contributed by atoms with E-state index >= 15 is 0 Å². The summed E-state index contributed by atoms with van der Waals surface area (Å²) >= 11 is 0. The lowest BCUT2D eigenvalue weighted by atomic mass is 9.93. The largest absolute Gasteiger partial charge is 0.296 e. The van der Waals surface area contributed by atoms with Crippen molar-refractivity contribution in [2.24, 2.45) is 0 Å². The third kappa shape index (κ3) is 1.20. The van der Waals surface area contributed by atoms with Crippen LogP contribution in [0, 0.1) is 6.54 Å². The Bertz CT molecular complexity index is 85.3. The quantitative estimate of drug-likeness (QED) is 0.496. The van der Waals surface area contributed by atoms with Gasteiger partial charge >= 0.3 is 0 Å². The van der Waals surface area contributed by atoms with Gasteiger partial charge < -0.3 is 0 Å². The SMILES string of the molecule is [CH]1CCCC2CCCCN12. The molecule has 57 valence electrons. The van der Waals surface area contributed by atoms with Crippen LogP contribution in [0.4, 0.5) is 0 Å². The van der Waals surface area contributed by atoms with Gasteiger partial charge in [0.1, 0.15) is 0 Å². The molecule has 1 heteroatoms. The molecule has 0 bridgehead atoms. The average Bonchev–Trinajstić information content (AvgIpc) is 2.05. The van der Waals surface area contributed by atoms with Crippen LogP contribution in [-0.2, 0) is 0 Å². The molecule has 0 saturated carbocycles. The topological polar surface area (TPSA) is 3.24 Å². The van der Waals surface area contributed by atoms with Crippen LogP contribution in [0.3, 0.4) is 0 Å². The zero-order valence-electron chi connectivity index (χ0n) is 6.55. The first-order chi connectivity index (χ1) is 4.97. The number of fused-ring (bicyclic) bond motifs is 1. The third-order valence-corrected chi connectivity index (χ3v) is 2.78. The van der Waals surface area contributed by atoms with Crippen molar-refractivity contribution in [3.8, 4) is 0 Å². The first-order valence-corrected chi connectivity index (χ1v) is 4.56. The first kappa shape index (κ1) is 6.66. The molecule has 2 aliphatic heterocycles. The standard InChI is InChI=1S/C9H16N/c1-3-7-10-8-4-2-6-9(10)5-1/h7,9H,1-6,8H2. The second kappa shape index (κ2) is 2.91. The number of hydrogen-bond donors (Lipinski definition) is 0. The van der Waals surface area contributed by atoms with Crippen molar-refractivity contribution in [3.05, 3.63) is 6.54 Å². The summed E-state index contributed by atoms with van der Waals surface area (Å²) in [6.45, 7) is 3.76. The molecular formula is C9H16N. The van der Waals surface area contributed by atoms with Crippen LogP contribution in [0.1, 0.15) is 38.5 Å². The highest BCUT2D eigenvalue weighted by molar-refractivity contribution is 4.86. The van der Waals surface area contributed by atoms with Gasteiger partial charge in [0.2, 0.25) is 0 Å². The summed E-state index contributed by atoms with van der Waals surface area (Å²) in [5.41, 5.74) is 0. The summed E-state index contributed by atoms with van der Waals surface area (Å²) < 4.78 is 0. The highest BCUT2D eigenvalue weighted by atomic mass is 15.2. The van der Waals surface area contributed by atoms with Crippen LogP contribution < -0.4 is 0 Å². The lowest BCUT2D eigenvalue weighted by Gasteiger charge is -2.38. The smallest absolute Gasteiger partial charge is 0.0254 e. The van der Waals surface area contributed by atoms with Crippen LogP contribution in [0.25, 0.3) is 0 Å². The maximum Gasteiger partial charge on any atom is 0.0254 e. The van der Waals surface area contributed by atoms with Gasteiger partial charge in [-0.3, -0.25) is 4.90 Å². The predicted octanol–water partition coefficient (Wildman–Crippen LogP) is 2.19. The molecule has 0 N–H and O–H groups in total. The Morgan fingerprint density at radius 3 is 2.90 bits per heavy atom. The zero-order valence-corrected chi connectivity index (χ0v) is 6.55. The minimum absolute atomic E-state index is 0.933. The molecule has 2 saturated heterocycles. The fraction of sp³-hybridized carbons (Fsp3) is 0.889. The highest BCUT2D eigenvalue weighted by Crippen LogP contribution is 2.27. The maximum atomic E-state index is 2.58. The Balaban J connectivity index is 1.93. The van der Waals surface area contributed by atoms with Crippen molar-refractivity contribution >= 4 is 0 Å². The molecule has 0 spiro atoms. The Hall–Kier alpha value is -0.0400. The van der Waals surface area contributed by atoms with Crippen LogP contribution in [-0.4, -0.2) is 17.5 Å². The number of rotatable bonds is 0. The zero-order chi connectivity index (χ0) is 6.81. The van der Waals surface area contributed by atoms with E-state index in [1.165, 1.54) is 45.1 Å². The molecule has 0 aromatic rings. The molecular weight excluding hydrogens is 122 g/mol. The molecule has 1 nitrogen and oxygen atoms in total. The Morgan fingerprint density at radius 1 is 1.10 bits per heavy atom. The summed E-state index contributed by atoms with van der Waals surface area (Å²) in [7, 11) is 0. The molecule has 2 rings (SSSR count). The molecule has 0 aromatic heterocycles. The van der Waals surface area contributed by atoms with Crippen LogP contribution in [0.15, 0.2) is 0 Å². The van der Waals surface area contributed by atoms with E-state index in [1.807, 2.05) is 0 Å². The summed E-state index contributed by atoms with van der Waals surface area (Å²) in [6.07, 6.45) is 8.56. The Labute approximate surface area is 63.4 Å². The minimum Gasteiger partial charge on any atom is -0.296 e. The van der Waals surface area contributed by atoms with Crippen LogP contribution >= 0.6 is 0 Å². The van der Waals surface area contributed by atoms with Crippen molar-refractivity contribution in [1.82, 2.24) is 4.90 Å². The molecule has 2 fully saturated rings. The molecule has 1 atom stereocenters. The lowest BCUT2D eigenvalue weighted by molar-refractivity contribution is 0.146. The van der Waals surface area contributed by atoms with Gasteiger partial charge in [0.05, 0.1) is 0 Å². The Morgan fingerprint density at radius 2 is 2.00 bits per heavy atom. The number of hydrogen-bond acceptors (Lipinski definition) is 1. The van der Waals surface area contributed by atoms with Gasteiger partial charge in [-0.05, 0) is 32.2 Å². The molecule has 2 aliphatic rings. The van der Waals surface area contributed by atoms with Crippen molar-refractivity contribution in [2.45, 2.75) is 44.6 Å². The minimum atomic E-state index is 0.933. The molecule has 2 heterocycles. The van der Waals surface area contributed by atoms with E-state index in [9.17, 15) is 0 Å². The first-order valence-electron chi connectivity index (χ1n) is 4.56. The summed E-state index contributed by atoms with van der Waals surface area (Å²) in [6, 6.07) is 0.933. The fourth-order valence-electron chi connectivity index (χ4n) is 2.18. The molecule has 0 aromatic carbocycles. The van der Waals surface area contributed by atoms with Gasteiger partial charge in [0, 0.05) is 12.6 Å². The van der Waals surface area contributed by atoms with Gasteiger partial charge in [-0.2, -0.15) is 0 Å². The van der Waals surface area contributed by atoms with Gasteiger partial charge in [0.25, 0.3) is 0 Å². The maximum absolute atomic E-state index is 2.58. The van der Waals surface area contributed by atoms with Crippen LogP contribution in [0.2, 0.25) is 0 Å². The van der Waals surface area contributed by atoms with Crippen molar-refractivity contribution in [3.63, 3.8) is 0 Å². The van der Waals surface area contributed by atoms with E-state index in [2.05, 4.69) is 11.4 Å². The highest BCUT2D eigenvalue weighted by Gasteiger charge is 2.24. The molecule has 0 aliphatic carbocycles. The van der Waals surface area contributed by atoms with Gasteiger partial charge in [0.15, 0.2) is 0 Å². The summed E-state index contributed by atoms with van der Waals surface area (Å²) in [5, 5.41) is 0. The van der Waals surface area contributed by atoms with E-state index in [4.69, 9.17) is 0 Å². The van der Waals surface area contributed by atoms with Crippen LogP contribution in [0.5, 0.6) is 0 Å². The second-order valence-electron chi connectivity index (χ2n) is 3.50. The van der Waals surface area contributed by atoms with E-state index < -0.39 is 0 Å². The van der Waals surface area contributed by atoms with E-state index in [1.54, 1.807) is 0 Å². The second-order valence-corrected chi connectivity index (χ2v) is 3.50. The van der Waals surface area contributed by atoms with E-state index in [0.29, 0.717) is 0 Å². The molecule has 1 radical (unpaired) electrons. The molecule has 0 amide bonds. The van der Waals surface area contributed by atoms with Crippen molar-refractivity contribution < 1.29 is 0 Å². The lowest BCUT2D eigenvalue weighted by Crippen LogP contribution is -2.39. The predicted molar refractivity (Wildman–Crippen MR) is 42.5 cm³/mol. The Kier molecular flexibility index (Phi) is 1.94. The van der Waals surface area contributed by atoms with Crippen molar-refractivity contribution in [1.29, 1.82) is 0 Å². The monoisotopic (exact) mass is 138 g/mol. The summed E-state index contributed by atoms with van der Waals surface area (Å²) in [5.74, 6) is 0. The molecule has 10 heavy (non-hydrogen) atoms. The van der Waals surface area contributed by atoms with Crippen molar-refractivity contribution in [2.75, 3.05) is 6.54 Å². The van der Waals surface area contributed by atoms with E-state index in [-0.39, 0.29) is 0 Å². The fourth-order valence-corrected chi connectivity index (χ4v) is 2.18. The van der Waals surface area contributed by atoms with E-state index in [0.717, 1.165) is 6.04 Å². The number of piperidine rings is 2. The van der Waals surface area contributed by atoms with Gasteiger partial charge in [-0.15, -0.1) is 0 Å².